The number of allylic oxidation sites excluding steroid dienone is 6. The molecular weight excluding hydrogens is 240 g/mol. The number of hydrogen-bond acceptors (Lipinski definition) is 0. The van der Waals surface area contributed by atoms with Crippen LogP contribution in [0.4, 0.5) is 0 Å². The lowest BCUT2D eigenvalue weighted by Gasteiger charge is -2.11. The van der Waals surface area contributed by atoms with E-state index in [1.54, 1.807) is 0 Å². The van der Waals surface area contributed by atoms with Gasteiger partial charge in [0.15, 0.2) is 0 Å². The smallest absolute Gasteiger partial charge is 0.0409 e. The molecule has 18 heavy (non-hydrogen) atoms. The predicted molar refractivity (Wildman–Crippen MR) is 85.3 cm³/mol. The van der Waals surface area contributed by atoms with E-state index in [1.165, 1.54) is 43.3 Å². The molecule has 0 aromatic heterocycles. The van der Waals surface area contributed by atoms with Crippen LogP contribution in [-0.2, 0) is 0 Å². The van der Waals surface area contributed by atoms with Crippen molar-refractivity contribution in [3.63, 3.8) is 0 Å². The van der Waals surface area contributed by atoms with Gasteiger partial charge in [0.05, 0.1) is 0 Å². The lowest BCUT2D eigenvalue weighted by Crippen LogP contribution is -1.96. The molecule has 0 heterocycles. The van der Waals surface area contributed by atoms with Crippen LogP contribution in [0, 0.1) is 5.92 Å². The number of rotatable bonds is 9. The van der Waals surface area contributed by atoms with Gasteiger partial charge in [-0.3, -0.25) is 0 Å². The average Bonchev–Trinajstić information content (AvgIpc) is 2.36. The summed E-state index contributed by atoms with van der Waals surface area (Å²) in [6.07, 6.45) is 15.1. The number of alkyl halides is 1. The van der Waals surface area contributed by atoms with Crippen molar-refractivity contribution in [2.45, 2.75) is 59.8 Å². The molecule has 104 valence electrons. The van der Waals surface area contributed by atoms with Crippen molar-refractivity contribution in [1.82, 2.24) is 0 Å². The topological polar surface area (TPSA) is 0 Å². The van der Waals surface area contributed by atoms with Crippen molar-refractivity contribution < 1.29 is 0 Å². The lowest BCUT2D eigenvalue weighted by atomic mass is 9.95. The second kappa shape index (κ2) is 11.6. The first-order valence-corrected chi connectivity index (χ1v) is 7.72. The molecular formula is C17H29Cl. The van der Waals surface area contributed by atoms with Crippen LogP contribution in [0.2, 0.25) is 0 Å². The lowest BCUT2D eigenvalue weighted by molar-refractivity contribution is 0.480. The van der Waals surface area contributed by atoms with E-state index in [9.17, 15) is 0 Å². The second-order valence-corrected chi connectivity index (χ2v) is 5.30. The maximum Gasteiger partial charge on any atom is 0.0409 e. The highest BCUT2D eigenvalue weighted by Gasteiger charge is 2.02. The van der Waals surface area contributed by atoms with Gasteiger partial charge in [-0.2, -0.15) is 0 Å². The average molecular weight is 269 g/mol. The molecule has 1 atom stereocenters. The fraction of sp³-hybridized carbons (Fsp3) is 0.647. The highest BCUT2D eigenvalue weighted by atomic mass is 35.5. The van der Waals surface area contributed by atoms with Gasteiger partial charge in [0.1, 0.15) is 0 Å². The molecule has 1 heteroatoms. The summed E-state index contributed by atoms with van der Waals surface area (Å²) < 4.78 is 0. The fourth-order valence-electron chi connectivity index (χ4n) is 1.83. The van der Waals surface area contributed by atoms with E-state index in [1.807, 2.05) is 6.08 Å². The van der Waals surface area contributed by atoms with E-state index >= 15 is 0 Å². The Hall–Kier alpha value is -0.490. The standard InChI is InChI=1S/C17H29Cl/c1-5-15(3)9-7-11-17(6-2)12-8-10-16(4)13-14-18/h8-10,13,17H,5-7,11-12,14H2,1-4H3. The normalized spacial score (nSPS) is 15.4. The van der Waals surface area contributed by atoms with Gasteiger partial charge in [0.2, 0.25) is 0 Å². The molecule has 0 radical (unpaired) electrons. The molecule has 0 nitrogen and oxygen atoms in total. The Bertz CT molecular complexity index is 284. The summed E-state index contributed by atoms with van der Waals surface area (Å²) in [4.78, 5) is 0. The van der Waals surface area contributed by atoms with Crippen LogP contribution < -0.4 is 0 Å². The Morgan fingerprint density at radius 2 is 1.89 bits per heavy atom. The van der Waals surface area contributed by atoms with Gasteiger partial charge < -0.3 is 0 Å². The third kappa shape index (κ3) is 9.53. The highest BCUT2D eigenvalue weighted by molar-refractivity contribution is 6.18. The maximum atomic E-state index is 5.66. The summed E-state index contributed by atoms with van der Waals surface area (Å²) in [6, 6.07) is 0. The molecule has 0 aromatic carbocycles. The molecule has 0 amide bonds. The van der Waals surface area contributed by atoms with Gasteiger partial charge in [-0.05, 0) is 45.4 Å². The van der Waals surface area contributed by atoms with Crippen molar-refractivity contribution in [1.29, 1.82) is 0 Å². The monoisotopic (exact) mass is 268 g/mol. The van der Waals surface area contributed by atoms with Gasteiger partial charge >= 0.3 is 0 Å². The molecule has 0 saturated carbocycles. The first-order valence-electron chi connectivity index (χ1n) is 7.18. The van der Waals surface area contributed by atoms with Crippen molar-refractivity contribution in [3.05, 3.63) is 35.5 Å². The van der Waals surface area contributed by atoms with Gasteiger partial charge in [0.25, 0.3) is 0 Å². The predicted octanol–water partition coefficient (Wildman–Crippen LogP) is 6.28. The Morgan fingerprint density at radius 3 is 2.44 bits per heavy atom. The summed E-state index contributed by atoms with van der Waals surface area (Å²) >= 11 is 5.66. The van der Waals surface area contributed by atoms with Crippen molar-refractivity contribution in [2.24, 2.45) is 5.92 Å². The molecule has 0 bridgehead atoms. The van der Waals surface area contributed by atoms with Gasteiger partial charge in [-0.1, -0.05) is 55.7 Å². The van der Waals surface area contributed by atoms with E-state index in [0.717, 1.165) is 5.92 Å². The molecule has 0 rings (SSSR count). The summed E-state index contributed by atoms with van der Waals surface area (Å²) in [5, 5.41) is 0. The molecule has 0 aliphatic rings. The Labute approximate surface area is 119 Å². The van der Waals surface area contributed by atoms with Crippen LogP contribution in [0.3, 0.4) is 0 Å². The minimum atomic E-state index is 0.606. The van der Waals surface area contributed by atoms with Crippen LogP contribution in [-0.4, -0.2) is 5.88 Å². The maximum absolute atomic E-state index is 5.66. The van der Waals surface area contributed by atoms with E-state index < -0.39 is 0 Å². The quantitative estimate of drug-likeness (QED) is 0.262. The van der Waals surface area contributed by atoms with E-state index in [-0.39, 0.29) is 0 Å². The van der Waals surface area contributed by atoms with Gasteiger partial charge in [0, 0.05) is 5.88 Å². The minimum Gasteiger partial charge on any atom is -0.122 e. The van der Waals surface area contributed by atoms with Crippen LogP contribution in [0.1, 0.15) is 59.8 Å². The van der Waals surface area contributed by atoms with Crippen LogP contribution in [0.15, 0.2) is 35.5 Å². The summed E-state index contributed by atoms with van der Waals surface area (Å²) in [5.74, 6) is 1.42. The third-order valence-electron chi connectivity index (χ3n) is 3.45. The molecule has 0 N–H and O–H groups in total. The molecule has 0 aliphatic carbocycles. The summed E-state index contributed by atoms with van der Waals surface area (Å²) in [6.45, 7) is 8.84. The molecule has 0 aromatic rings. The highest BCUT2D eigenvalue weighted by Crippen LogP contribution is 2.17. The zero-order valence-corrected chi connectivity index (χ0v) is 13.3. The van der Waals surface area contributed by atoms with E-state index in [0.29, 0.717) is 5.88 Å². The first kappa shape index (κ1) is 17.5. The number of halogens is 1. The Morgan fingerprint density at radius 1 is 1.17 bits per heavy atom. The van der Waals surface area contributed by atoms with E-state index in [4.69, 9.17) is 11.6 Å². The summed E-state index contributed by atoms with van der Waals surface area (Å²) in [5.41, 5.74) is 2.78. The van der Waals surface area contributed by atoms with Crippen molar-refractivity contribution >= 4 is 11.6 Å². The SMILES string of the molecule is CCC(C)=CCCC(CC)CC=CC(C)=CCCl. The van der Waals surface area contributed by atoms with Crippen molar-refractivity contribution in [2.75, 3.05) is 5.88 Å². The second-order valence-electron chi connectivity index (χ2n) is 5.00. The zero-order chi connectivity index (χ0) is 13.8. The largest absolute Gasteiger partial charge is 0.122 e. The van der Waals surface area contributed by atoms with Crippen LogP contribution in [0.5, 0.6) is 0 Å². The summed E-state index contributed by atoms with van der Waals surface area (Å²) in [7, 11) is 0. The fourth-order valence-corrected chi connectivity index (χ4v) is 2.08. The zero-order valence-electron chi connectivity index (χ0n) is 12.5. The van der Waals surface area contributed by atoms with E-state index in [2.05, 4.69) is 45.9 Å². The van der Waals surface area contributed by atoms with Crippen molar-refractivity contribution in [3.8, 4) is 0 Å². The molecule has 0 aliphatic heterocycles. The first-order chi connectivity index (χ1) is 8.63. The number of hydrogen-bond donors (Lipinski definition) is 0. The molecule has 0 saturated heterocycles. The van der Waals surface area contributed by atoms with Gasteiger partial charge in [-0.15, -0.1) is 11.6 Å². The Kier molecular flexibility index (Phi) is 11.3. The van der Waals surface area contributed by atoms with Crippen LogP contribution >= 0.6 is 11.6 Å². The molecule has 1 unspecified atom stereocenters. The molecule has 0 fully saturated rings. The van der Waals surface area contributed by atoms with Gasteiger partial charge in [-0.25, -0.2) is 0 Å². The molecule has 0 spiro atoms. The minimum absolute atomic E-state index is 0.606. The third-order valence-corrected chi connectivity index (χ3v) is 3.61. The Balaban J connectivity index is 4.01. The van der Waals surface area contributed by atoms with Crippen LogP contribution in [0.25, 0.3) is 0 Å².